The molecule has 0 aliphatic heterocycles. The summed E-state index contributed by atoms with van der Waals surface area (Å²) in [7, 11) is 0. The molecule has 0 amide bonds. The van der Waals surface area contributed by atoms with Gasteiger partial charge in [-0.1, -0.05) is 54.9 Å². The molecule has 1 heterocycles. The lowest BCUT2D eigenvalue weighted by Crippen LogP contribution is -2.05. The van der Waals surface area contributed by atoms with Crippen molar-refractivity contribution in [3.05, 3.63) is 88.7 Å². The van der Waals surface area contributed by atoms with Gasteiger partial charge in [-0.25, -0.2) is 9.98 Å². The van der Waals surface area contributed by atoms with E-state index in [0.717, 1.165) is 40.6 Å². The van der Waals surface area contributed by atoms with Gasteiger partial charge in [0.2, 0.25) is 0 Å². The third kappa shape index (κ3) is 4.69. The van der Waals surface area contributed by atoms with Crippen LogP contribution in [0.5, 0.6) is 0 Å². The summed E-state index contributed by atoms with van der Waals surface area (Å²) in [6, 6.07) is 21.6. The Balaban J connectivity index is 1.93. The van der Waals surface area contributed by atoms with E-state index in [1.54, 1.807) is 0 Å². The number of rotatable bonds is 5. The summed E-state index contributed by atoms with van der Waals surface area (Å²) in [5.74, 6) is 0. The van der Waals surface area contributed by atoms with Crippen LogP contribution in [-0.2, 0) is 6.42 Å². The molecule has 0 fully saturated rings. The van der Waals surface area contributed by atoms with E-state index in [4.69, 9.17) is 21.6 Å². The third-order valence-electron chi connectivity index (χ3n) is 4.29. The Morgan fingerprint density at radius 1 is 0.778 bits per heavy atom. The lowest BCUT2D eigenvalue weighted by Gasteiger charge is -2.07. The molecule has 0 spiro atoms. The maximum absolute atomic E-state index is 6.21. The topological polar surface area (TPSA) is 37.6 Å². The Kier molecular flexibility index (Phi) is 6.15. The molecule has 136 valence electrons. The minimum absolute atomic E-state index is 0.627. The number of halogens is 1. The fourth-order valence-corrected chi connectivity index (χ4v) is 2.95. The highest BCUT2D eigenvalue weighted by Gasteiger charge is 2.07. The maximum Gasteiger partial charge on any atom is 0.0849 e. The maximum atomic E-state index is 6.21. The fraction of sp³-hybridized carbons (Fsp3) is 0.174. The van der Waals surface area contributed by atoms with Crippen LogP contribution in [0.4, 0.5) is 11.4 Å². The summed E-state index contributed by atoms with van der Waals surface area (Å²) in [6.07, 6.45) is 0.948. The van der Waals surface area contributed by atoms with Gasteiger partial charge in [-0.15, -0.1) is 0 Å². The van der Waals surface area contributed by atoms with Crippen LogP contribution in [0.1, 0.15) is 37.7 Å². The number of nitrogens with zero attached hydrogens (tertiary/aromatic N) is 3. The smallest absolute Gasteiger partial charge is 0.0849 e. The number of benzene rings is 2. The highest BCUT2D eigenvalue weighted by atomic mass is 35.5. The van der Waals surface area contributed by atoms with E-state index in [1.807, 2.05) is 74.5 Å². The second-order valence-corrected chi connectivity index (χ2v) is 6.64. The zero-order valence-electron chi connectivity index (χ0n) is 15.8. The predicted octanol–water partition coefficient (Wildman–Crippen LogP) is 6.58. The quantitative estimate of drug-likeness (QED) is 0.464. The Bertz CT molecular complexity index is 1010. The number of aromatic nitrogens is 1. The number of para-hydroxylation sites is 2. The van der Waals surface area contributed by atoms with E-state index in [2.05, 4.69) is 18.0 Å². The lowest BCUT2D eigenvalue weighted by molar-refractivity contribution is 1.13. The number of aryl methyl sites for hydroxylation is 1. The Morgan fingerprint density at radius 2 is 1.33 bits per heavy atom. The number of hydrogen-bond acceptors (Lipinski definition) is 3. The van der Waals surface area contributed by atoms with Crippen LogP contribution in [0.3, 0.4) is 0 Å². The van der Waals surface area contributed by atoms with E-state index in [9.17, 15) is 0 Å². The first-order valence-electron chi connectivity index (χ1n) is 8.99. The molecule has 0 aliphatic rings. The first kappa shape index (κ1) is 19.0. The van der Waals surface area contributed by atoms with E-state index < -0.39 is 0 Å². The van der Waals surface area contributed by atoms with E-state index in [0.29, 0.717) is 5.02 Å². The van der Waals surface area contributed by atoms with Crippen molar-refractivity contribution < 1.29 is 0 Å². The summed E-state index contributed by atoms with van der Waals surface area (Å²) in [5.41, 5.74) is 6.30. The monoisotopic (exact) mass is 375 g/mol. The van der Waals surface area contributed by atoms with Crippen molar-refractivity contribution in [2.24, 2.45) is 9.98 Å². The van der Waals surface area contributed by atoms with Crippen LogP contribution in [0, 0.1) is 0 Å². The van der Waals surface area contributed by atoms with Gasteiger partial charge < -0.3 is 0 Å². The molecule has 0 aliphatic carbocycles. The van der Waals surface area contributed by atoms with Crippen LogP contribution < -0.4 is 0 Å². The van der Waals surface area contributed by atoms with Gasteiger partial charge >= 0.3 is 0 Å². The normalized spacial score (nSPS) is 12.3. The van der Waals surface area contributed by atoms with E-state index in [1.165, 1.54) is 5.56 Å². The van der Waals surface area contributed by atoms with Crippen LogP contribution in [0.25, 0.3) is 0 Å². The number of hydrogen-bond donors (Lipinski definition) is 0. The van der Waals surface area contributed by atoms with Gasteiger partial charge in [0.25, 0.3) is 0 Å². The minimum Gasteiger partial charge on any atom is -0.251 e. The number of aliphatic imine (C=N–C) groups is 2. The largest absolute Gasteiger partial charge is 0.251 e. The van der Waals surface area contributed by atoms with Gasteiger partial charge in [0, 0.05) is 0 Å². The average Bonchev–Trinajstić information content (AvgIpc) is 2.70. The van der Waals surface area contributed by atoms with Gasteiger partial charge in [0.15, 0.2) is 0 Å². The standard InChI is InChI=1S/C23H22ClN3/c1-4-18-10-5-7-12-22(18)25-16(2)20-14-9-15-21(27-20)17(3)26-23-13-8-6-11-19(23)24/h5-15H,4H2,1-3H3. The molecule has 3 nitrogen and oxygen atoms in total. The SMILES string of the molecule is CCc1ccccc1N=C(C)c1cccc(C(C)=Nc2ccccc2Cl)n1. The molecule has 0 atom stereocenters. The van der Waals surface area contributed by atoms with Gasteiger partial charge in [0.1, 0.15) is 0 Å². The van der Waals surface area contributed by atoms with Gasteiger partial charge in [-0.05, 0) is 56.2 Å². The van der Waals surface area contributed by atoms with Crippen LogP contribution in [0.15, 0.2) is 76.7 Å². The summed E-state index contributed by atoms with van der Waals surface area (Å²) >= 11 is 6.21. The zero-order valence-corrected chi connectivity index (χ0v) is 16.5. The summed E-state index contributed by atoms with van der Waals surface area (Å²) in [4.78, 5) is 14.2. The highest BCUT2D eigenvalue weighted by Crippen LogP contribution is 2.25. The molecule has 2 aromatic carbocycles. The highest BCUT2D eigenvalue weighted by molar-refractivity contribution is 6.33. The molecule has 0 radical (unpaired) electrons. The van der Waals surface area contributed by atoms with Gasteiger partial charge in [-0.3, -0.25) is 4.99 Å². The molecule has 0 N–H and O–H groups in total. The first-order valence-corrected chi connectivity index (χ1v) is 9.37. The molecule has 0 bridgehead atoms. The molecular formula is C23H22ClN3. The molecule has 0 saturated heterocycles. The third-order valence-corrected chi connectivity index (χ3v) is 4.61. The molecule has 3 aromatic rings. The van der Waals surface area contributed by atoms with Crippen molar-refractivity contribution in [3.8, 4) is 0 Å². The summed E-state index contributed by atoms with van der Waals surface area (Å²) < 4.78 is 0. The van der Waals surface area contributed by atoms with Crippen molar-refractivity contribution in [2.45, 2.75) is 27.2 Å². The summed E-state index contributed by atoms with van der Waals surface area (Å²) in [6.45, 7) is 6.06. The van der Waals surface area contributed by atoms with Crippen molar-refractivity contribution in [1.82, 2.24) is 4.98 Å². The summed E-state index contributed by atoms with van der Waals surface area (Å²) in [5, 5.41) is 0.627. The molecule has 27 heavy (non-hydrogen) atoms. The Morgan fingerprint density at radius 3 is 1.96 bits per heavy atom. The second-order valence-electron chi connectivity index (χ2n) is 6.24. The Hall–Kier alpha value is -2.78. The predicted molar refractivity (Wildman–Crippen MR) is 115 cm³/mol. The Labute approximate surface area is 165 Å². The van der Waals surface area contributed by atoms with Crippen molar-refractivity contribution in [1.29, 1.82) is 0 Å². The molecule has 0 saturated carbocycles. The fourth-order valence-electron chi connectivity index (χ4n) is 2.77. The minimum atomic E-state index is 0.627. The van der Waals surface area contributed by atoms with Gasteiger partial charge in [-0.2, -0.15) is 0 Å². The number of pyridine rings is 1. The lowest BCUT2D eigenvalue weighted by atomic mass is 10.1. The van der Waals surface area contributed by atoms with E-state index >= 15 is 0 Å². The average molecular weight is 376 g/mol. The van der Waals surface area contributed by atoms with E-state index in [-0.39, 0.29) is 0 Å². The molecule has 1 aromatic heterocycles. The molecule has 3 rings (SSSR count). The first-order chi connectivity index (χ1) is 13.1. The van der Waals surface area contributed by atoms with Crippen LogP contribution in [0.2, 0.25) is 5.02 Å². The van der Waals surface area contributed by atoms with Crippen molar-refractivity contribution in [2.75, 3.05) is 0 Å². The molecular weight excluding hydrogens is 354 g/mol. The van der Waals surface area contributed by atoms with Crippen LogP contribution in [-0.4, -0.2) is 16.4 Å². The van der Waals surface area contributed by atoms with Crippen molar-refractivity contribution >= 4 is 34.4 Å². The van der Waals surface area contributed by atoms with Gasteiger partial charge in [0.05, 0.1) is 39.2 Å². The second kappa shape index (κ2) is 8.74. The van der Waals surface area contributed by atoms with Crippen LogP contribution >= 0.6 is 11.6 Å². The molecule has 4 heteroatoms. The molecule has 0 unspecified atom stereocenters. The van der Waals surface area contributed by atoms with Crippen molar-refractivity contribution in [3.63, 3.8) is 0 Å². The zero-order chi connectivity index (χ0) is 19.2.